The van der Waals surface area contributed by atoms with Gasteiger partial charge in [0.2, 0.25) is 0 Å². The molecule has 0 N–H and O–H groups in total. The lowest BCUT2D eigenvalue weighted by Crippen LogP contribution is -2.40. The molecule has 2 nitrogen and oxygen atoms in total. The normalized spacial score (nSPS) is 18.6. The molecule has 2 aliphatic rings. The van der Waals surface area contributed by atoms with E-state index in [1.165, 1.54) is 61.9 Å². The van der Waals surface area contributed by atoms with E-state index < -0.39 is 0 Å². The number of nitrogens with zero attached hydrogens (tertiary/aromatic N) is 1. The quantitative estimate of drug-likeness (QED) is 0.652. The van der Waals surface area contributed by atoms with Crippen LogP contribution in [0.5, 0.6) is 0 Å². The van der Waals surface area contributed by atoms with Gasteiger partial charge in [-0.1, -0.05) is 50.5 Å². The van der Waals surface area contributed by atoms with Crippen LogP contribution in [0.1, 0.15) is 68.1 Å². The van der Waals surface area contributed by atoms with E-state index >= 15 is 0 Å². The molecule has 0 saturated heterocycles. The Kier molecular flexibility index (Phi) is 5.79. The van der Waals surface area contributed by atoms with Gasteiger partial charge >= 0.3 is 0 Å². The van der Waals surface area contributed by atoms with Crippen LogP contribution in [0.2, 0.25) is 0 Å². The molecule has 1 atom stereocenters. The number of hydrogen-bond acceptors (Lipinski definition) is 2. The second-order valence-corrected chi connectivity index (χ2v) is 8.47. The highest BCUT2D eigenvalue weighted by molar-refractivity contribution is 5.87. The maximum absolute atomic E-state index is 13.1. The molecule has 0 radical (unpaired) electrons. The Morgan fingerprint density at radius 2 is 1.82 bits per heavy atom. The van der Waals surface area contributed by atoms with Gasteiger partial charge in [0.15, 0.2) is 0 Å². The lowest BCUT2D eigenvalue weighted by Gasteiger charge is -2.40. The highest BCUT2D eigenvalue weighted by Crippen LogP contribution is 2.35. The van der Waals surface area contributed by atoms with E-state index in [0.29, 0.717) is 12.5 Å². The Labute approximate surface area is 167 Å². The topological polar surface area (TPSA) is 20.3 Å². The van der Waals surface area contributed by atoms with Gasteiger partial charge in [0.05, 0.1) is 0 Å². The SMILES string of the molecule is CC(C(=O)Cc1ccc(F)cc1)c1ccc2c(c1)CCCN2C1CCCCC1. The number of halogens is 1. The van der Waals surface area contributed by atoms with Crippen LogP contribution in [-0.4, -0.2) is 18.4 Å². The average molecular weight is 380 g/mol. The summed E-state index contributed by atoms with van der Waals surface area (Å²) in [7, 11) is 0. The standard InChI is InChI=1S/C25H30FNO/c1-18(25(28)16-19-9-12-22(26)13-10-19)20-11-14-24-21(17-20)6-5-15-27(24)23-7-3-2-4-8-23/h9-14,17-18,23H,2-8,15-16H2,1H3. The highest BCUT2D eigenvalue weighted by atomic mass is 19.1. The zero-order valence-corrected chi connectivity index (χ0v) is 16.8. The van der Waals surface area contributed by atoms with Crippen LogP contribution < -0.4 is 4.90 Å². The predicted octanol–water partition coefficient (Wildman–Crippen LogP) is 5.83. The first-order chi connectivity index (χ1) is 13.6. The first-order valence-electron chi connectivity index (χ1n) is 10.8. The molecule has 1 heterocycles. The van der Waals surface area contributed by atoms with Crippen molar-refractivity contribution < 1.29 is 9.18 Å². The predicted molar refractivity (Wildman–Crippen MR) is 113 cm³/mol. The van der Waals surface area contributed by atoms with Gasteiger partial charge in [-0.25, -0.2) is 4.39 Å². The van der Waals surface area contributed by atoms with Crippen molar-refractivity contribution in [1.29, 1.82) is 0 Å². The number of carbonyl (C=O) groups excluding carboxylic acids is 1. The van der Waals surface area contributed by atoms with Crippen LogP contribution in [0.4, 0.5) is 10.1 Å². The summed E-state index contributed by atoms with van der Waals surface area (Å²) in [6.07, 6.45) is 9.36. The fourth-order valence-corrected chi connectivity index (χ4v) is 4.83. The summed E-state index contributed by atoms with van der Waals surface area (Å²) in [5.41, 5.74) is 4.77. The third-order valence-corrected chi connectivity index (χ3v) is 6.55. The van der Waals surface area contributed by atoms with E-state index in [-0.39, 0.29) is 17.5 Å². The molecule has 0 bridgehead atoms. The first kappa shape index (κ1) is 19.2. The summed E-state index contributed by atoms with van der Waals surface area (Å²) in [6.45, 7) is 3.16. The molecule has 3 heteroatoms. The lowest BCUT2D eigenvalue weighted by molar-refractivity contribution is -0.119. The van der Waals surface area contributed by atoms with Gasteiger partial charge in [-0.05, 0) is 60.6 Å². The summed E-state index contributed by atoms with van der Waals surface area (Å²) >= 11 is 0. The minimum atomic E-state index is -0.263. The van der Waals surface area contributed by atoms with Gasteiger partial charge in [0, 0.05) is 30.6 Å². The van der Waals surface area contributed by atoms with Gasteiger partial charge in [-0.3, -0.25) is 4.79 Å². The van der Waals surface area contributed by atoms with Gasteiger partial charge < -0.3 is 4.90 Å². The summed E-state index contributed by atoms with van der Waals surface area (Å²) in [4.78, 5) is 15.4. The largest absolute Gasteiger partial charge is 0.368 e. The van der Waals surface area contributed by atoms with Crippen LogP contribution >= 0.6 is 0 Å². The average Bonchev–Trinajstić information content (AvgIpc) is 2.74. The minimum Gasteiger partial charge on any atom is -0.368 e. The second-order valence-electron chi connectivity index (χ2n) is 8.47. The number of fused-ring (bicyclic) bond motifs is 1. The number of anilines is 1. The van der Waals surface area contributed by atoms with Crippen molar-refractivity contribution in [3.05, 3.63) is 65.0 Å². The molecule has 0 spiro atoms. The van der Waals surface area contributed by atoms with Gasteiger partial charge in [-0.15, -0.1) is 0 Å². The van der Waals surface area contributed by atoms with Crippen molar-refractivity contribution in [1.82, 2.24) is 0 Å². The van der Waals surface area contributed by atoms with Crippen LogP contribution in [0.3, 0.4) is 0 Å². The maximum Gasteiger partial charge on any atom is 0.144 e. The summed E-state index contributed by atoms with van der Waals surface area (Å²) in [5.74, 6) is -0.214. The monoisotopic (exact) mass is 379 g/mol. The molecular weight excluding hydrogens is 349 g/mol. The molecule has 1 saturated carbocycles. The minimum absolute atomic E-state index is 0.139. The fourth-order valence-electron chi connectivity index (χ4n) is 4.83. The third-order valence-electron chi connectivity index (χ3n) is 6.55. The van der Waals surface area contributed by atoms with E-state index in [4.69, 9.17) is 0 Å². The highest BCUT2D eigenvalue weighted by Gasteiger charge is 2.26. The summed E-state index contributed by atoms with van der Waals surface area (Å²) in [5, 5.41) is 0. The number of ketones is 1. The molecule has 1 unspecified atom stereocenters. The summed E-state index contributed by atoms with van der Waals surface area (Å²) in [6, 6.07) is 13.6. The Balaban J connectivity index is 1.49. The van der Waals surface area contributed by atoms with E-state index in [0.717, 1.165) is 24.1 Å². The molecule has 0 amide bonds. The molecule has 2 aromatic rings. The van der Waals surface area contributed by atoms with Crippen molar-refractivity contribution >= 4 is 11.5 Å². The molecular formula is C25H30FNO. The van der Waals surface area contributed by atoms with Crippen molar-refractivity contribution in [2.45, 2.75) is 70.3 Å². The Morgan fingerprint density at radius 1 is 1.07 bits per heavy atom. The Bertz CT molecular complexity index is 823. The maximum atomic E-state index is 13.1. The molecule has 1 fully saturated rings. The number of benzene rings is 2. The number of carbonyl (C=O) groups is 1. The van der Waals surface area contributed by atoms with Crippen LogP contribution in [0.15, 0.2) is 42.5 Å². The zero-order valence-electron chi connectivity index (χ0n) is 16.8. The first-order valence-corrected chi connectivity index (χ1v) is 10.8. The van der Waals surface area contributed by atoms with Crippen molar-refractivity contribution in [2.24, 2.45) is 0 Å². The van der Waals surface area contributed by atoms with E-state index in [1.807, 2.05) is 6.92 Å². The van der Waals surface area contributed by atoms with Crippen molar-refractivity contribution in [2.75, 3.05) is 11.4 Å². The molecule has 148 valence electrons. The Morgan fingerprint density at radius 3 is 2.57 bits per heavy atom. The van der Waals surface area contributed by atoms with E-state index in [9.17, 15) is 9.18 Å². The van der Waals surface area contributed by atoms with Crippen LogP contribution in [0, 0.1) is 5.82 Å². The fraction of sp³-hybridized carbons (Fsp3) is 0.480. The van der Waals surface area contributed by atoms with Crippen LogP contribution in [0.25, 0.3) is 0 Å². The third kappa shape index (κ3) is 4.14. The van der Waals surface area contributed by atoms with Gasteiger partial charge in [0.1, 0.15) is 11.6 Å². The number of hydrogen-bond donors (Lipinski definition) is 0. The molecule has 28 heavy (non-hydrogen) atoms. The number of Topliss-reactive ketones (excluding diaryl/α,β-unsaturated/α-hetero) is 1. The van der Waals surface area contributed by atoms with Gasteiger partial charge in [-0.2, -0.15) is 0 Å². The van der Waals surface area contributed by atoms with Gasteiger partial charge in [0.25, 0.3) is 0 Å². The molecule has 2 aromatic carbocycles. The molecule has 0 aromatic heterocycles. The smallest absolute Gasteiger partial charge is 0.144 e. The van der Waals surface area contributed by atoms with E-state index in [1.54, 1.807) is 12.1 Å². The zero-order chi connectivity index (χ0) is 19.5. The molecule has 1 aliphatic heterocycles. The Hall–Kier alpha value is -2.16. The second kappa shape index (κ2) is 8.46. The van der Waals surface area contributed by atoms with Crippen molar-refractivity contribution in [3.8, 4) is 0 Å². The lowest BCUT2D eigenvalue weighted by atomic mass is 9.87. The number of aryl methyl sites for hydroxylation is 1. The van der Waals surface area contributed by atoms with E-state index in [2.05, 4.69) is 23.1 Å². The summed E-state index contributed by atoms with van der Waals surface area (Å²) < 4.78 is 13.1. The number of rotatable bonds is 5. The van der Waals surface area contributed by atoms with Crippen LogP contribution in [-0.2, 0) is 17.6 Å². The van der Waals surface area contributed by atoms with Crippen molar-refractivity contribution in [3.63, 3.8) is 0 Å². The molecule has 1 aliphatic carbocycles. The molecule has 4 rings (SSSR count).